The standard InChI is InChI=1S/C29H32N4O6S/c1-18-27-23(29(34)30-12-10-19-6-5-7-22(14-19)37-2)16-24(20-8-9-25(38-3)26(15-20)39-4)31-28(27)33(32-18)21-11-13-40(35,36)17-21/h5-9,14-16,21H,10-13,17H2,1-4H3,(H,30,34). The van der Waals surface area contributed by atoms with E-state index in [-0.39, 0.29) is 23.5 Å². The zero-order chi connectivity index (χ0) is 28.4. The van der Waals surface area contributed by atoms with E-state index in [1.807, 2.05) is 37.3 Å². The number of amides is 1. The van der Waals surface area contributed by atoms with Crippen molar-refractivity contribution in [2.24, 2.45) is 0 Å². The molecule has 40 heavy (non-hydrogen) atoms. The van der Waals surface area contributed by atoms with Gasteiger partial charge in [0.05, 0.1) is 61.2 Å². The van der Waals surface area contributed by atoms with Gasteiger partial charge >= 0.3 is 0 Å². The fourth-order valence-corrected chi connectivity index (χ4v) is 6.79. The Morgan fingerprint density at radius 3 is 2.55 bits per heavy atom. The summed E-state index contributed by atoms with van der Waals surface area (Å²) in [6, 6.07) is 14.5. The van der Waals surface area contributed by atoms with Crippen LogP contribution in [0.3, 0.4) is 0 Å². The van der Waals surface area contributed by atoms with Gasteiger partial charge in [0.25, 0.3) is 5.91 Å². The monoisotopic (exact) mass is 564 g/mol. The van der Waals surface area contributed by atoms with Crippen LogP contribution in [0.2, 0.25) is 0 Å². The highest BCUT2D eigenvalue weighted by Gasteiger charge is 2.32. The van der Waals surface area contributed by atoms with Crippen LogP contribution < -0.4 is 19.5 Å². The quantitative estimate of drug-likeness (QED) is 0.326. The van der Waals surface area contributed by atoms with Crippen LogP contribution in [-0.4, -0.2) is 68.5 Å². The van der Waals surface area contributed by atoms with Gasteiger partial charge < -0.3 is 19.5 Å². The molecule has 210 valence electrons. The molecule has 10 nitrogen and oxygen atoms in total. The number of aromatic nitrogens is 3. The Hall–Kier alpha value is -4.12. The Morgan fingerprint density at radius 1 is 1.05 bits per heavy atom. The summed E-state index contributed by atoms with van der Waals surface area (Å²) < 4.78 is 42.4. The molecule has 1 aliphatic rings. The predicted molar refractivity (Wildman–Crippen MR) is 152 cm³/mol. The molecule has 2 aromatic heterocycles. The largest absolute Gasteiger partial charge is 0.497 e. The van der Waals surface area contributed by atoms with Gasteiger partial charge in [-0.05, 0) is 61.7 Å². The number of aryl methyl sites for hydroxylation is 1. The van der Waals surface area contributed by atoms with Gasteiger partial charge in [0.15, 0.2) is 27.0 Å². The molecule has 0 saturated carbocycles. The number of ether oxygens (including phenoxy) is 3. The number of hydrogen-bond acceptors (Lipinski definition) is 8. The van der Waals surface area contributed by atoms with Gasteiger partial charge in [0, 0.05) is 12.1 Å². The second kappa shape index (κ2) is 11.2. The van der Waals surface area contributed by atoms with Crippen molar-refractivity contribution in [3.8, 4) is 28.5 Å². The predicted octanol–water partition coefficient (Wildman–Crippen LogP) is 3.76. The molecular weight excluding hydrogens is 532 g/mol. The number of carbonyl (C=O) groups excluding carboxylic acids is 1. The minimum absolute atomic E-state index is 0.00639. The van der Waals surface area contributed by atoms with E-state index in [1.54, 1.807) is 44.2 Å². The summed E-state index contributed by atoms with van der Waals surface area (Å²) in [5.41, 5.74) is 3.80. The summed E-state index contributed by atoms with van der Waals surface area (Å²) in [7, 11) is 1.58. The van der Waals surface area contributed by atoms with Gasteiger partial charge in [-0.25, -0.2) is 18.1 Å². The van der Waals surface area contributed by atoms with E-state index in [4.69, 9.17) is 19.2 Å². The number of hydrogen-bond donors (Lipinski definition) is 1. The first-order chi connectivity index (χ1) is 19.2. The molecule has 4 aromatic rings. The maximum Gasteiger partial charge on any atom is 0.252 e. The molecule has 3 heterocycles. The van der Waals surface area contributed by atoms with Crippen molar-refractivity contribution in [1.82, 2.24) is 20.1 Å². The van der Waals surface area contributed by atoms with Crippen molar-refractivity contribution < 1.29 is 27.4 Å². The van der Waals surface area contributed by atoms with E-state index in [1.165, 1.54) is 0 Å². The van der Waals surface area contributed by atoms with Gasteiger partial charge in [0.2, 0.25) is 0 Å². The number of fused-ring (bicyclic) bond motifs is 1. The Balaban J connectivity index is 1.55. The van der Waals surface area contributed by atoms with Crippen molar-refractivity contribution >= 4 is 26.8 Å². The summed E-state index contributed by atoms with van der Waals surface area (Å²) in [6.07, 6.45) is 1.07. The number of methoxy groups -OCH3 is 3. The fraction of sp³-hybridized carbons (Fsp3) is 0.345. The SMILES string of the molecule is COc1cccc(CCNC(=O)c2cc(-c3ccc(OC)c(OC)c3)nc3c2c(C)nn3C2CCS(=O)(=O)C2)c1. The van der Waals surface area contributed by atoms with Crippen molar-refractivity contribution in [2.75, 3.05) is 39.4 Å². The van der Waals surface area contributed by atoms with Crippen LogP contribution in [0.4, 0.5) is 0 Å². The third-order valence-corrected chi connectivity index (χ3v) is 8.90. The Bertz CT molecular complexity index is 1680. The van der Waals surface area contributed by atoms with Gasteiger partial charge in [0.1, 0.15) is 5.75 Å². The highest BCUT2D eigenvalue weighted by atomic mass is 32.2. The van der Waals surface area contributed by atoms with Crippen LogP contribution >= 0.6 is 0 Å². The number of pyridine rings is 1. The maximum absolute atomic E-state index is 13.6. The lowest BCUT2D eigenvalue weighted by atomic mass is 10.0. The first kappa shape index (κ1) is 27.4. The molecule has 1 amide bonds. The maximum atomic E-state index is 13.6. The molecule has 1 unspecified atom stereocenters. The zero-order valence-electron chi connectivity index (χ0n) is 22.9. The number of benzene rings is 2. The third kappa shape index (κ3) is 5.46. The van der Waals surface area contributed by atoms with Crippen LogP contribution in [0.5, 0.6) is 17.2 Å². The summed E-state index contributed by atoms with van der Waals surface area (Å²) in [5, 5.41) is 8.31. The molecule has 0 aliphatic carbocycles. The van der Waals surface area contributed by atoms with Gasteiger partial charge in [-0.3, -0.25) is 4.79 Å². The topological polar surface area (TPSA) is 122 Å². The number of sulfone groups is 1. The zero-order valence-corrected chi connectivity index (χ0v) is 23.7. The third-order valence-electron chi connectivity index (χ3n) is 7.15. The Kier molecular flexibility index (Phi) is 7.66. The van der Waals surface area contributed by atoms with Crippen LogP contribution in [0.1, 0.15) is 34.1 Å². The molecule has 1 fully saturated rings. The van der Waals surface area contributed by atoms with E-state index in [0.29, 0.717) is 58.9 Å². The van der Waals surface area contributed by atoms with Crippen LogP contribution in [-0.2, 0) is 16.3 Å². The lowest BCUT2D eigenvalue weighted by molar-refractivity contribution is 0.0955. The molecule has 1 N–H and O–H groups in total. The number of nitrogens with one attached hydrogen (secondary N) is 1. The molecule has 5 rings (SSSR count). The van der Waals surface area contributed by atoms with Crippen molar-refractivity contribution in [3.63, 3.8) is 0 Å². The van der Waals surface area contributed by atoms with Crippen molar-refractivity contribution in [1.29, 1.82) is 0 Å². The Morgan fingerprint density at radius 2 is 1.85 bits per heavy atom. The van der Waals surface area contributed by atoms with Gasteiger partial charge in [-0.15, -0.1) is 0 Å². The molecule has 11 heteroatoms. The molecule has 1 aliphatic heterocycles. The van der Waals surface area contributed by atoms with Gasteiger partial charge in [-0.1, -0.05) is 12.1 Å². The molecule has 0 spiro atoms. The van der Waals surface area contributed by atoms with E-state index >= 15 is 0 Å². The summed E-state index contributed by atoms with van der Waals surface area (Å²) in [5.74, 6) is 1.69. The fourth-order valence-electron chi connectivity index (χ4n) is 5.10. The second-order valence-corrected chi connectivity index (χ2v) is 12.0. The molecular formula is C29H32N4O6S. The molecule has 0 bridgehead atoms. The van der Waals surface area contributed by atoms with Crippen LogP contribution in [0.25, 0.3) is 22.3 Å². The molecule has 2 aromatic carbocycles. The molecule has 1 atom stereocenters. The highest BCUT2D eigenvalue weighted by Crippen LogP contribution is 2.35. The number of nitrogens with zero attached hydrogens (tertiary/aromatic N) is 3. The summed E-state index contributed by atoms with van der Waals surface area (Å²) >= 11 is 0. The minimum atomic E-state index is -3.16. The lowest BCUT2D eigenvalue weighted by Gasteiger charge is -2.14. The van der Waals surface area contributed by atoms with E-state index < -0.39 is 9.84 Å². The smallest absolute Gasteiger partial charge is 0.252 e. The average Bonchev–Trinajstić information content (AvgIpc) is 3.50. The lowest BCUT2D eigenvalue weighted by Crippen LogP contribution is -2.26. The normalized spacial score (nSPS) is 16.1. The van der Waals surface area contributed by atoms with Gasteiger partial charge in [-0.2, -0.15) is 5.10 Å². The minimum Gasteiger partial charge on any atom is -0.497 e. The number of carbonyl (C=O) groups is 1. The highest BCUT2D eigenvalue weighted by molar-refractivity contribution is 7.91. The molecule has 0 radical (unpaired) electrons. The van der Waals surface area contributed by atoms with E-state index in [0.717, 1.165) is 16.9 Å². The van der Waals surface area contributed by atoms with Crippen LogP contribution in [0, 0.1) is 6.92 Å². The van der Waals surface area contributed by atoms with E-state index in [2.05, 4.69) is 10.4 Å². The number of rotatable bonds is 9. The van der Waals surface area contributed by atoms with Crippen LogP contribution in [0.15, 0.2) is 48.5 Å². The van der Waals surface area contributed by atoms with E-state index in [9.17, 15) is 13.2 Å². The average molecular weight is 565 g/mol. The second-order valence-electron chi connectivity index (χ2n) is 9.77. The molecule has 1 saturated heterocycles. The van der Waals surface area contributed by atoms with Crippen molar-refractivity contribution in [2.45, 2.75) is 25.8 Å². The van der Waals surface area contributed by atoms with Crippen molar-refractivity contribution in [3.05, 3.63) is 65.4 Å². The summed E-state index contributed by atoms with van der Waals surface area (Å²) in [4.78, 5) is 18.5. The summed E-state index contributed by atoms with van der Waals surface area (Å²) in [6.45, 7) is 2.22. The first-order valence-corrected chi connectivity index (χ1v) is 14.8. The Labute approximate surface area is 233 Å². The first-order valence-electron chi connectivity index (χ1n) is 13.0.